The quantitative estimate of drug-likeness (QED) is 0.775. The van der Waals surface area contributed by atoms with Crippen molar-refractivity contribution in [2.24, 2.45) is 0 Å². The molecule has 0 aliphatic carbocycles. The average Bonchev–Trinajstić information content (AvgIpc) is 1.98. The van der Waals surface area contributed by atoms with E-state index in [1.54, 1.807) is 20.8 Å². The fourth-order valence-electron chi connectivity index (χ4n) is 0.641. The van der Waals surface area contributed by atoms with Gasteiger partial charge in [0.15, 0.2) is 0 Å². The lowest BCUT2D eigenvalue weighted by Crippen LogP contribution is -2.39. The van der Waals surface area contributed by atoms with Crippen LogP contribution in [0, 0.1) is 0 Å². The van der Waals surface area contributed by atoms with Crippen molar-refractivity contribution in [3.63, 3.8) is 0 Å². The van der Waals surface area contributed by atoms with Crippen LogP contribution in [0.15, 0.2) is 0 Å². The summed E-state index contributed by atoms with van der Waals surface area (Å²) in [6.45, 7) is 5.69. The van der Waals surface area contributed by atoms with Gasteiger partial charge < -0.3 is 10.1 Å². The largest absolute Gasteiger partial charge is 0.444 e. The Kier molecular flexibility index (Phi) is 4.29. The van der Waals surface area contributed by atoms with Crippen LogP contribution in [0.25, 0.3) is 0 Å². The van der Waals surface area contributed by atoms with Gasteiger partial charge in [-0.05, 0) is 20.8 Å². The lowest BCUT2D eigenvalue weighted by Gasteiger charge is -2.21. The third-order valence-corrected chi connectivity index (χ3v) is 1.41. The van der Waals surface area contributed by atoms with Gasteiger partial charge in [0, 0.05) is 6.42 Å². The summed E-state index contributed by atoms with van der Waals surface area (Å²) in [4.78, 5) is 11.0. The Morgan fingerprint density at radius 2 is 1.86 bits per heavy atom. The molecule has 0 unspecified atom stereocenters. The van der Waals surface area contributed by atoms with Crippen molar-refractivity contribution in [1.82, 2.24) is 5.32 Å². The van der Waals surface area contributed by atoms with Gasteiger partial charge in [-0.25, -0.2) is 13.6 Å². The monoisotopic (exact) mass is 209 g/mol. The standard InChI is InChI=1S/C9H17F2NO2/c1-5-9(10,11)6-12-7(13)14-8(2,3)4/h5-6H2,1-4H3,(H,12,13). The molecule has 0 saturated carbocycles. The number of rotatable bonds is 3. The SMILES string of the molecule is CCC(F)(F)CNC(=O)OC(C)(C)C. The second-order valence-electron chi connectivity index (χ2n) is 4.06. The normalized spacial score (nSPS) is 12.4. The number of carbonyl (C=O) groups is 1. The van der Waals surface area contributed by atoms with Gasteiger partial charge in [-0.3, -0.25) is 0 Å². The maximum absolute atomic E-state index is 12.7. The van der Waals surface area contributed by atoms with Crippen molar-refractivity contribution in [3.05, 3.63) is 0 Å². The van der Waals surface area contributed by atoms with E-state index in [2.05, 4.69) is 0 Å². The molecule has 1 amide bonds. The lowest BCUT2D eigenvalue weighted by molar-refractivity contribution is -0.00760. The number of halogens is 2. The van der Waals surface area contributed by atoms with Gasteiger partial charge in [0.2, 0.25) is 0 Å². The summed E-state index contributed by atoms with van der Waals surface area (Å²) < 4.78 is 30.1. The lowest BCUT2D eigenvalue weighted by atomic mass is 10.2. The van der Waals surface area contributed by atoms with Crippen LogP contribution in [0.2, 0.25) is 0 Å². The zero-order valence-corrected chi connectivity index (χ0v) is 8.99. The predicted octanol–water partition coefficient (Wildman–Crippen LogP) is 2.56. The van der Waals surface area contributed by atoms with Crippen molar-refractivity contribution >= 4 is 6.09 Å². The van der Waals surface area contributed by atoms with Crippen LogP contribution in [0.5, 0.6) is 0 Å². The van der Waals surface area contributed by atoms with Crippen molar-refractivity contribution in [3.8, 4) is 0 Å². The van der Waals surface area contributed by atoms with Crippen LogP contribution in [0.3, 0.4) is 0 Å². The first-order valence-corrected chi connectivity index (χ1v) is 4.51. The molecule has 0 spiro atoms. The highest BCUT2D eigenvalue weighted by atomic mass is 19.3. The first-order valence-electron chi connectivity index (χ1n) is 4.51. The van der Waals surface area contributed by atoms with Crippen molar-refractivity contribution in [2.75, 3.05) is 6.54 Å². The van der Waals surface area contributed by atoms with E-state index in [0.717, 1.165) is 0 Å². The van der Waals surface area contributed by atoms with Crippen molar-refractivity contribution in [1.29, 1.82) is 0 Å². The molecule has 0 atom stereocenters. The Labute approximate surface area is 82.8 Å². The predicted molar refractivity (Wildman–Crippen MR) is 49.5 cm³/mol. The van der Waals surface area contributed by atoms with Crippen molar-refractivity contribution < 1.29 is 18.3 Å². The maximum Gasteiger partial charge on any atom is 0.407 e. The summed E-state index contributed by atoms with van der Waals surface area (Å²) in [6, 6.07) is 0. The molecule has 0 aliphatic rings. The fourth-order valence-corrected chi connectivity index (χ4v) is 0.641. The number of hydrogen-bond donors (Lipinski definition) is 1. The van der Waals surface area contributed by atoms with Crippen molar-refractivity contribution in [2.45, 2.75) is 45.6 Å². The van der Waals surface area contributed by atoms with Gasteiger partial charge >= 0.3 is 6.09 Å². The van der Waals surface area contributed by atoms with Gasteiger partial charge in [0.25, 0.3) is 5.92 Å². The number of amides is 1. The Morgan fingerprint density at radius 1 is 1.36 bits per heavy atom. The number of hydrogen-bond acceptors (Lipinski definition) is 2. The minimum absolute atomic E-state index is 0.303. The zero-order chi connectivity index (χ0) is 11.4. The van der Waals surface area contributed by atoms with Crippen LogP contribution in [-0.2, 0) is 4.74 Å². The number of ether oxygens (including phenoxy) is 1. The fraction of sp³-hybridized carbons (Fsp3) is 0.889. The van der Waals surface area contributed by atoms with Crippen LogP contribution in [-0.4, -0.2) is 24.2 Å². The molecule has 0 bridgehead atoms. The van der Waals surface area contributed by atoms with Crippen LogP contribution in [0.1, 0.15) is 34.1 Å². The first-order chi connectivity index (χ1) is 6.16. The first kappa shape index (κ1) is 13.1. The third kappa shape index (κ3) is 6.62. The summed E-state index contributed by atoms with van der Waals surface area (Å²) in [5.74, 6) is -2.86. The summed E-state index contributed by atoms with van der Waals surface area (Å²) in [6.07, 6.45) is -1.12. The Hall–Kier alpha value is -0.870. The molecule has 0 aromatic carbocycles. The summed E-state index contributed by atoms with van der Waals surface area (Å²) in [5.41, 5.74) is -0.661. The van der Waals surface area contributed by atoms with Crippen LogP contribution in [0.4, 0.5) is 13.6 Å². The summed E-state index contributed by atoms with van der Waals surface area (Å²) in [7, 11) is 0. The van der Waals surface area contributed by atoms with E-state index < -0.39 is 24.2 Å². The van der Waals surface area contributed by atoms with E-state index in [1.807, 2.05) is 5.32 Å². The Balaban J connectivity index is 3.87. The minimum Gasteiger partial charge on any atom is -0.444 e. The second-order valence-corrected chi connectivity index (χ2v) is 4.06. The second kappa shape index (κ2) is 4.57. The number of nitrogens with one attached hydrogen (secondary N) is 1. The molecule has 0 heterocycles. The Morgan fingerprint density at radius 3 is 2.21 bits per heavy atom. The molecule has 3 nitrogen and oxygen atoms in total. The molecule has 5 heteroatoms. The molecule has 0 aliphatic heterocycles. The molecule has 0 fully saturated rings. The van der Waals surface area contributed by atoms with E-state index in [1.165, 1.54) is 6.92 Å². The van der Waals surface area contributed by atoms with Crippen LogP contribution < -0.4 is 5.32 Å². The minimum atomic E-state index is -2.86. The zero-order valence-electron chi connectivity index (χ0n) is 8.99. The molecule has 0 rings (SSSR count). The maximum atomic E-state index is 12.7. The van der Waals surface area contributed by atoms with E-state index in [0.29, 0.717) is 0 Å². The van der Waals surface area contributed by atoms with E-state index in [-0.39, 0.29) is 6.42 Å². The number of alkyl halides is 2. The van der Waals surface area contributed by atoms with Gasteiger partial charge in [0.1, 0.15) is 5.60 Å². The Bertz CT molecular complexity index is 199. The number of carbonyl (C=O) groups excluding carboxylic acids is 1. The molecular formula is C9H17F2NO2. The average molecular weight is 209 g/mol. The highest BCUT2D eigenvalue weighted by Crippen LogP contribution is 2.16. The van der Waals surface area contributed by atoms with Gasteiger partial charge in [-0.1, -0.05) is 6.92 Å². The molecule has 84 valence electrons. The third-order valence-electron chi connectivity index (χ3n) is 1.41. The molecule has 0 saturated heterocycles. The van der Waals surface area contributed by atoms with Gasteiger partial charge in [0.05, 0.1) is 6.54 Å². The molecule has 0 aromatic heterocycles. The van der Waals surface area contributed by atoms with Gasteiger partial charge in [-0.15, -0.1) is 0 Å². The summed E-state index contributed by atoms with van der Waals surface area (Å²) in [5, 5.41) is 2.02. The van der Waals surface area contributed by atoms with Gasteiger partial charge in [-0.2, -0.15) is 0 Å². The molecular weight excluding hydrogens is 192 g/mol. The highest BCUT2D eigenvalue weighted by Gasteiger charge is 2.27. The van der Waals surface area contributed by atoms with E-state index in [9.17, 15) is 13.6 Å². The smallest absolute Gasteiger partial charge is 0.407 e. The van der Waals surface area contributed by atoms with Crippen LogP contribution >= 0.6 is 0 Å². The van der Waals surface area contributed by atoms with E-state index in [4.69, 9.17) is 4.74 Å². The number of alkyl carbamates (subject to hydrolysis) is 1. The molecule has 0 aromatic rings. The molecule has 1 N–H and O–H groups in total. The molecule has 0 radical (unpaired) electrons. The topological polar surface area (TPSA) is 38.3 Å². The highest BCUT2D eigenvalue weighted by molar-refractivity contribution is 5.67. The van der Waals surface area contributed by atoms with E-state index >= 15 is 0 Å². The molecule has 14 heavy (non-hydrogen) atoms. The summed E-state index contributed by atoms with van der Waals surface area (Å²) >= 11 is 0.